The second-order valence-electron chi connectivity index (χ2n) is 11.5. The van der Waals surface area contributed by atoms with Crippen LogP contribution in [0, 0.1) is 34.5 Å². The molecule has 0 N–H and O–H groups in total. The van der Waals surface area contributed by atoms with Crippen molar-refractivity contribution in [2.45, 2.75) is 112 Å². The van der Waals surface area contributed by atoms with E-state index in [4.69, 9.17) is 9.05 Å². The van der Waals surface area contributed by atoms with Gasteiger partial charge >= 0.3 is 7.60 Å². The highest BCUT2D eigenvalue weighted by Gasteiger charge is 2.60. The Bertz CT molecular complexity index is 684. The Labute approximate surface area is 178 Å². The van der Waals surface area contributed by atoms with Gasteiger partial charge in [0.1, 0.15) is 0 Å². The van der Waals surface area contributed by atoms with E-state index in [0.29, 0.717) is 11.3 Å². The minimum Gasteiger partial charge on any atom is -0.303 e. The SMILES string of the molecule is CC(C)OP(=O)(OC(C)C)C1=CC[C@H]2[C@@H]3CC[C@H]4CCCC[C@]4(C)[C@H]3CC[C@]12C. The van der Waals surface area contributed by atoms with E-state index in [1.165, 1.54) is 44.9 Å². The van der Waals surface area contributed by atoms with Gasteiger partial charge < -0.3 is 9.05 Å². The van der Waals surface area contributed by atoms with Crippen molar-refractivity contribution in [1.82, 2.24) is 0 Å². The second kappa shape index (κ2) is 7.79. The number of hydrogen-bond donors (Lipinski definition) is 0. The highest BCUT2D eigenvalue weighted by atomic mass is 31.2. The molecule has 0 amide bonds. The molecule has 6 atom stereocenters. The van der Waals surface area contributed by atoms with Crippen LogP contribution < -0.4 is 0 Å². The van der Waals surface area contributed by atoms with E-state index in [0.717, 1.165) is 35.9 Å². The molecule has 3 nitrogen and oxygen atoms in total. The lowest BCUT2D eigenvalue weighted by molar-refractivity contribution is -0.0982. The molecule has 0 aromatic heterocycles. The summed E-state index contributed by atoms with van der Waals surface area (Å²) < 4.78 is 26.1. The van der Waals surface area contributed by atoms with Crippen molar-refractivity contribution in [1.29, 1.82) is 0 Å². The van der Waals surface area contributed by atoms with Gasteiger partial charge in [0.25, 0.3) is 0 Å². The van der Waals surface area contributed by atoms with Crippen LogP contribution in [0.5, 0.6) is 0 Å². The van der Waals surface area contributed by atoms with E-state index in [9.17, 15) is 4.57 Å². The molecule has 166 valence electrons. The molecular weight excluding hydrogens is 379 g/mol. The van der Waals surface area contributed by atoms with Gasteiger partial charge in [-0.15, -0.1) is 0 Å². The fourth-order valence-corrected chi connectivity index (χ4v) is 10.6. The maximum absolute atomic E-state index is 14.0. The van der Waals surface area contributed by atoms with Crippen molar-refractivity contribution in [3.8, 4) is 0 Å². The second-order valence-corrected chi connectivity index (χ2v) is 13.4. The predicted molar refractivity (Wildman–Crippen MR) is 120 cm³/mol. The summed E-state index contributed by atoms with van der Waals surface area (Å²) in [5.74, 6) is 3.17. The van der Waals surface area contributed by atoms with Crippen LogP contribution in [-0.4, -0.2) is 12.2 Å². The molecule has 4 aliphatic rings. The number of rotatable bonds is 5. The largest absolute Gasteiger partial charge is 0.358 e. The zero-order chi connectivity index (χ0) is 21.0. The Morgan fingerprint density at radius 3 is 2.28 bits per heavy atom. The van der Waals surface area contributed by atoms with Crippen molar-refractivity contribution < 1.29 is 13.6 Å². The summed E-state index contributed by atoms with van der Waals surface area (Å²) in [6.45, 7) is 12.9. The molecule has 0 heterocycles. The summed E-state index contributed by atoms with van der Waals surface area (Å²) in [5, 5.41) is 1.01. The molecule has 0 bridgehead atoms. The van der Waals surface area contributed by atoms with Crippen LogP contribution >= 0.6 is 7.60 Å². The highest BCUT2D eigenvalue weighted by molar-refractivity contribution is 7.58. The summed E-state index contributed by atoms with van der Waals surface area (Å²) >= 11 is 0. The van der Waals surface area contributed by atoms with Gasteiger partial charge in [0, 0.05) is 10.7 Å². The zero-order valence-corrected chi connectivity index (χ0v) is 20.5. The van der Waals surface area contributed by atoms with E-state index < -0.39 is 7.60 Å². The smallest absolute Gasteiger partial charge is 0.303 e. The quantitative estimate of drug-likeness (QED) is 0.422. The maximum Gasteiger partial charge on any atom is 0.358 e. The van der Waals surface area contributed by atoms with E-state index >= 15 is 0 Å². The van der Waals surface area contributed by atoms with Gasteiger partial charge in [0.15, 0.2) is 0 Å². The molecule has 4 heteroatoms. The van der Waals surface area contributed by atoms with Gasteiger partial charge in [0.05, 0.1) is 12.2 Å². The van der Waals surface area contributed by atoms with Gasteiger partial charge in [-0.3, -0.25) is 4.57 Å². The third kappa shape index (κ3) is 3.62. The molecule has 0 radical (unpaired) electrons. The monoisotopic (exact) mass is 422 g/mol. The molecule has 29 heavy (non-hydrogen) atoms. The molecule has 0 unspecified atom stereocenters. The van der Waals surface area contributed by atoms with Crippen LogP contribution in [0.25, 0.3) is 0 Å². The number of fused-ring (bicyclic) bond motifs is 5. The van der Waals surface area contributed by atoms with E-state index in [2.05, 4.69) is 19.9 Å². The van der Waals surface area contributed by atoms with Crippen LogP contribution in [0.3, 0.4) is 0 Å². The van der Waals surface area contributed by atoms with Crippen LogP contribution in [0.2, 0.25) is 0 Å². The molecule has 3 saturated carbocycles. The van der Waals surface area contributed by atoms with E-state index in [1.807, 2.05) is 27.7 Å². The fourth-order valence-electron chi connectivity index (χ4n) is 7.96. The summed E-state index contributed by atoms with van der Waals surface area (Å²) in [7, 11) is -3.27. The molecule has 0 spiro atoms. The standard InChI is InChI=1S/C25H43O3P/c1-17(2)27-29(26,28-18(3)4)23-13-12-21-20-11-10-19-9-7-8-15-24(19,5)22(20)14-16-25(21,23)6/h13,17-22H,7-12,14-16H2,1-6H3/t19-,20+,21+,22+,24+,25+/m1/s1. The Morgan fingerprint density at radius 1 is 0.931 bits per heavy atom. The first-order valence-corrected chi connectivity index (χ1v) is 13.8. The lowest BCUT2D eigenvalue weighted by Gasteiger charge is -2.60. The molecule has 4 aliphatic carbocycles. The van der Waals surface area contributed by atoms with Gasteiger partial charge in [-0.05, 0) is 102 Å². The maximum atomic E-state index is 14.0. The third-order valence-electron chi connectivity index (χ3n) is 9.12. The first kappa shape index (κ1) is 22.1. The summed E-state index contributed by atoms with van der Waals surface area (Å²) in [5.41, 5.74) is 0.510. The van der Waals surface area contributed by atoms with Gasteiger partial charge in [0.2, 0.25) is 0 Å². The van der Waals surface area contributed by atoms with E-state index in [-0.39, 0.29) is 17.6 Å². The topological polar surface area (TPSA) is 35.5 Å². The van der Waals surface area contributed by atoms with Gasteiger partial charge in [-0.25, -0.2) is 0 Å². The Kier molecular flexibility index (Phi) is 5.93. The van der Waals surface area contributed by atoms with Gasteiger partial charge in [-0.2, -0.15) is 0 Å². The molecular formula is C25H43O3P. The molecule has 4 rings (SSSR count). The third-order valence-corrected chi connectivity index (χ3v) is 11.8. The molecule has 0 aliphatic heterocycles. The van der Waals surface area contributed by atoms with Crippen molar-refractivity contribution in [3.05, 3.63) is 11.4 Å². The zero-order valence-electron chi connectivity index (χ0n) is 19.6. The number of allylic oxidation sites excluding steroid dienone is 2. The Morgan fingerprint density at radius 2 is 1.62 bits per heavy atom. The molecule has 3 fully saturated rings. The normalized spacial score (nSPS) is 42.4. The van der Waals surface area contributed by atoms with Crippen LogP contribution in [0.15, 0.2) is 11.4 Å². The van der Waals surface area contributed by atoms with Crippen LogP contribution in [-0.2, 0) is 13.6 Å². The molecule has 0 saturated heterocycles. The summed E-state index contributed by atoms with van der Waals surface area (Å²) in [6.07, 6.45) is 14.0. The van der Waals surface area contributed by atoms with Crippen molar-refractivity contribution in [2.24, 2.45) is 34.5 Å². The van der Waals surface area contributed by atoms with E-state index in [1.54, 1.807) is 0 Å². The van der Waals surface area contributed by atoms with Crippen LogP contribution in [0.4, 0.5) is 0 Å². The average molecular weight is 423 g/mol. The minimum atomic E-state index is -3.27. The predicted octanol–water partition coefficient (Wildman–Crippen LogP) is 7.96. The molecule has 0 aromatic carbocycles. The summed E-state index contributed by atoms with van der Waals surface area (Å²) in [4.78, 5) is 0. The van der Waals surface area contributed by atoms with Gasteiger partial charge in [-0.1, -0.05) is 32.8 Å². The lowest BCUT2D eigenvalue weighted by atomic mass is 9.45. The van der Waals surface area contributed by atoms with Crippen molar-refractivity contribution >= 4 is 7.60 Å². The van der Waals surface area contributed by atoms with Crippen LogP contribution in [0.1, 0.15) is 99.3 Å². The fraction of sp³-hybridized carbons (Fsp3) is 0.920. The Balaban J connectivity index is 1.62. The minimum absolute atomic E-state index is 0.0294. The summed E-state index contributed by atoms with van der Waals surface area (Å²) in [6, 6.07) is 0. The first-order valence-electron chi connectivity index (χ1n) is 12.3. The first-order chi connectivity index (χ1) is 13.6. The van der Waals surface area contributed by atoms with Crippen molar-refractivity contribution in [2.75, 3.05) is 0 Å². The highest BCUT2D eigenvalue weighted by Crippen LogP contribution is 2.73. The lowest BCUT2D eigenvalue weighted by Crippen LogP contribution is -2.52. The average Bonchev–Trinajstić information content (AvgIpc) is 2.97. The number of hydrogen-bond acceptors (Lipinski definition) is 3. The Hall–Kier alpha value is -0.110. The van der Waals surface area contributed by atoms with Crippen molar-refractivity contribution in [3.63, 3.8) is 0 Å². The molecule has 0 aromatic rings.